The van der Waals surface area contributed by atoms with Gasteiger partial charge in [-0.3, -0.25) is 10.1 Å². The third-order valence-corrected chi connectivity index (χ3v) is 2.25. The van der Waals surface area contributed by atoms with Crippen LogP contribution >= 0.6 is 0 Å². The molecule has 0 amide bonds. The number of hydrogen-bond donors (Lipinski definition) is 1. The molecule has 0 saturated carbocycles. The topological polar surface area (TPSA) is 67.5 Å². The Morgan fingerprint density at radius 1 is 1.14 bits per heavy atom. The Morgan fingerprint density at radius 2 is 1.73 bits per heavy atom. The number of nitrogens with one attached hydrogen (secondary N) is 1. The van der Waals surface area contributed by atoms with Crippen LogP contribution in [0.3, 0.4) is 0 Å². The van der Waals surface area contributed by atoms with Gasteiger partial charge in [0.2, 0.25) is 0 Å². The number of non-ortho nitro benzene ring substituents is 1. The molecule has 12 heteroatoms. The monoisotopic (exact) mass is 333 g/mol. The van der Waals surface area contributed by atoms with Gasteiger partial charge >= 0.3 is 18.1 Å². The number of hydrazone groups is 1. The summed E-state index contributed by atoms with van der Waals surface area (Å²) < 4.78 is 86.1. The van der Waals surface area contributed by atoms with E-state index in [-0.39, 0.29) is 5.56 Å². The lowest BCUT2D eigenvalue weighted by molar-refractivity contribution is -0.384. The number of nitro benzene ring substituents is 1. The first-order valence-electron chi connectivity index (χ1n) is 5.25. The van der Waals surface area contributed by atoms with Gasteiger partial charge in [0.15, 0.2) is 0 Å². The van der Waals surface area contributed by atoms with Crippen LogP contribution in [0.5, 0.6) is 0 Å². The Hall–Kier alpha value is -2.40. The van der Waals surface area contributed by atoms with E-state index >= 15 is 0 Å². The van der Waals surface area contributed by atoms with Crippen molar-refractivity contribution in [3.8, 4) is 0 Å². The molecule has 0 aliphatic rings. The number of rotatable bonds is 5. The van der Waals surface area contributed by atoms with Gasteiger partial charge in [0.25, 0.3) is 5.69 Å². The molecule has 0 unspecified atom stereocenters. The lowest BCUT2D eigenvalue weighted by atomic mass is 10.2. The molecule has 0 bridgehead atoms. The Bertz CT molecular complexity index is 586. The standard InChI is InChI=1S/C10H6F7N3O2/c11-8(12,9(13,14)15)10(16,17)19-18-5-6-2-1-3-7(4-6)20(21)22/h1-5,19H/b18-5+. The first kappa shape index (κ1) is 17.7. The molecule has 0 fully saturated rings. The van der Waals surface area contributed by atoms with Gasteiger partial charge in [-0.1, -0.05) is 12.1 Å². The van der Waals surface area contributed by atoms with Crippen molar-refractivity contribution in [3.63, 3.8) is 0 Å². The van der Waals surface area contributed by atoms with Gasteiger partial charge < -0.3 is 0 Å². The zero-order chi connectivity index (χ0) is 17.2. The molecule has 1 rings (SSSR count). The van der Waals surface area contributed by atoms with Gasteiger partial charge in [-0.15, -0.1) is 0 Å². The highest BCUT2D eigenvalue weighted by Crippen LogP contribution is 2.44. The van der Waals surface area contributed by atoms with Crippen molar-refractivity contribution >= 4 is 11.9 Å². The zero-order valence-corrected chi connectivity index (χ0v) is 10.2. The summed E-state index contributed by atoms with van der Waals surface area (Å²) in [6.45, 7) is 0. The van der Waals surface area contributed by atoms with Gasteiger partial charge in [-0.25, -0.2) is 5.43 Å². The van der Waals surface area contributed by atoms with E-state index in [2.05, 4.69) is 5.10 Å². The van der Waals surface area contributed by atoms with Crippen molar-refractivity contribution in [3.05, 3.63) is 39.9 Å². The summed E-state index contributed by atoms with van der Waals surface area (Å²) in [4.78, 5) is 9.61. The normalized spacial score (nSPS) is 13.4. The highest BCUT2D eigenvalue weighted by molar-refractivity contribution is 5.80. The first-order valence-corrected chi connectivity index (χ1v) is 5.25. The van der Waals surface area contributed by atoms with Crippen LogP contribution in [0.2, 0.25) is 0 Å². The predicted octanol–water partition coefficient (Wildman–Crippen LogP) is 3.31. The van der Waals surface area contributed by atoms with Crippen molar-refractivity contribution in [2.24, 2.45) is 5.10 Å². The summed E-state index contributed by atoms with van der Waals surface area (Å²) in [7, 11) is 0. The summed E-state index contributed by atoms with van der Waals surface area (Å²) in [5.74, 6) is -6.35. The molecule has 1 N–H and O–H groups in total. The molecular formula is C10H6F7N3O2. The van der Waals surface area contributed by atoms with Crippen molar-refractivity contribution in [1.29, 1.82) is 0 Å². The van der Waals surface area contributed by atoms with E-state index in [0.29, 0.717) is 11.6 Å². The van der Waals surface area contributed by atoms with E-state index in [1.807, 2.05) is 0 Å². The maximum atomic E-state index is 12.8. The lowest BCUT2D eigenvalue weighted by Gasteiger charge is -2.27. The van der Waals surface area contributed by atoms with Gasteiger partial charge in [-0.05, 0) is 0 Å². The minimum atomic E-state index is -6.48. The molecule has 1 aromatic carbocycles. The quantitative estimate of drug-likeness (QED) is 0.296. The molecule has 0 aromatic heterocycles. The van der Waals surface area contributed by atoms with Crippen LogP contribution in [0.4, 0.5) is 36.4 Å². The highest BCUT2D eigenvalue weighted by atomic mass is 19.4. The Labute approximate surface area is 117 Å². The largest absolute Gasteiger partial charge is 0.462 e. The minimum absolute atomic E-state index is 0.159. The fraction of sp³-hybridized carbons (Fsp3) is 0.300. The fourth-order valence-corrected chi connectivity index (χ4v) is 1.15. The first-order chi connectivity index (χ1) is 9.88. The minimum Gasteiger partial charge on any atom is -0.258 e. The summed E-state index contributed by atoms with van der Waals surface area (Å²) in [5.41, 5.74) is -0.208. The Morgan fingerprint density at radius 3 is 2.23 bits per heavy atom. The summed E-state index contributed by atoms with van der Waals surface area (Å²) in [6, 6.07) is -1.51. The van der Waals surface area contributed by atoms with Crippen LogP contribution in [0.15, 0.2) is 29.4 Å². The molecule has 0 atom stereocenters. The molecule has 0 spiro atoms. The molecule has 0 aliphatic heterocycles. The van der Waals surface area contributed by atoms with E-state index < -0.39 is 28.8 Å². The van der Waals surface area contributed by atoms with Crippen molar-refractivity contribution in [2.45, 2.75) is 18.1 Å². The van der Waals surface area contributed by atoms with E-state index in [9.17, 15) is 40.8 Å². The number of hydrogen-bond acceptors (Lipinski definition) is 4. The van der Waals surface area contributed by atoms with Crippen LogP contribution in [0.25, 0.3) is 0 Å². The number of alkyl halides is 7. The van der Waals surface area contributed by atoms with Crippen LogP contribution in [0.1, 0.15) is 5.56 Å². The Balaban J connectivity index is 2.89. The summed E-state index contributed by atoms with van der Waals surface area (Å²) >= 11 is 0. The number of halogens is 7. The molecule has 5 nitrogen and oxygen atoms in total. The van der Waals surface area contributed by atoms with E-state index in [0.717, 1.165) is 24.3 Å². The molecule has 1 aromatic rings. The van der Waals surface area contributed by atoms with Gasteiger partial charge in [-0.2, -0.15) is 35.8 Å². The van der Waals surface area contributed by atoms with Crippen LogP contribution in [-0.2, 0) is 0 Å². The third-order valence-electron chi connectivity index (χ3n) is 2.25. The van der Waals surface area contributed by atoms with Gasteiger partial charge in [0.05, 0.1) is 11.1 Å². The van der Waals surface area contributed by atoms with Crippen molar-refractivity contribution in [1.82, 2.24) is 5.43 Å². The Kier molecular flexibility index (Phi) is 4.63. The van der Waals surface area contributed by atoms with Crippen molar-refractivity contribution in [2.75, 3.05) is 0 Å². The molecule has 0 heterocycles. The number of nitro groups is 1. The molecule has 0 radical (unpaired) electrons. The second-order valence-electron chi connectivity index (χ2n) is 3.87. The van der Waals surface area contributed by atoms with Gasteiger partial charge in [0, 0.05) is 17.7 Å². The number of nitrogens with zero attached hydrogens (tertiary/aromatic N) is 2. The van der Waals surface area contributed by atoms with Crippen LogP contribution < -0.4 is 5.43 Å². The van der Waals surface area contributed by atoms with Crippen molar-refractivity contribution < 1.29 is 35.7 Å². The SMILES string of the molecule is O=[N+]([O-])c1cccc(/C=N/NC(F)(F)C(F)(F)C(F)(F)F)c1. The zero-order valence-electron chi connectivity index (χ0n) is 10.2. The summed E-state index contributed by atoms with van der Waals surface area (Å²) in [5, 5.41) is 13.0. The van der Waals surface area contributed by atoms with Gasteiger partial charge in [0.1, 0.15) is 0 Å². The van der Waals surface area contributed by atoms with E-state index in [4.69, 9.17) is 0 Å². The average molecular weight is 333 g/mol. The van der Waals surface area contributed by atoms with E-state index in [1.54, 1.807) is 0 Å². The van der Waals surface area contributed by atoms with E-state index in [1.165, 1.54) is 0 Å². The fourth-order valence-electron chi connectivity index (χ4n) is 1.15. The molecule has 0 saturated heterocycles. The van der Waals surface area contributed by atoms with Crippen LogP contribution in [-0.4, -0.2) is 29.3 Å². The maximum absolute atomic E-state index is 12.8. The molecule has 122 valence electrons. The smallest absolute Gasteiger partial charge is 0.258 e. The average Bonchev–Trinajstić information content (AvgIpc) is 2.37. The highest BCUT2D eigenvalue weighted by Gasteiger charge is 2.73. The molecule has 22 heavy (non-hydrogen) atoms. The number of benzene rings is 1. The third kappa shape index (κ3) is 3.62. The molecule has 0 aliphatic carbocycles. The maximum Gasteiger partial charge on any atom is 0.462 e. The summed E-state index contributed by atoms with van der Waals surface area (Å²) in [6.07, 6.45) is -6.04. The molecular weight excluding hydrogens is 327 g/mol. The second kappa shape index (κ2) is 5.77. The lowest BCUT2D eigenvalue weighted by Crippen LogP contribution is -2.58. The predicted molar refractivity (Wildman–Crippen MR) is 59.8 cm³/mol. The van der Waals surface area contributed by atoms with Crippen LogP contribution in [0, 0.1) is 10.1 Å². The second-order valence-corrected chi connectivity index (χ2v) is 3.87.